The molecular weight excluding hydrogens is 340 g/mol. The van der Waals surface area contributed by atoms with Gasteiger partial charge in [0.05, 0.1) is 11.8 Å². The molecule has 2 bridgehead atoms. The van der Waals surface area contributed by atoms with E-state index in [1.54, 1.807) is 0 Å². The minimum absolute atomic E-state index is 0.139. The van der Waals surface area contributed by atoms with Gasteiger partial charge in [-0.25, -0.2) is 0 Å². The summed E-state index contributed by atoms with van der Waals surface area (Å²) in [7, 11) is 0. The third-order valence-electron chi connectivity index (χ3n) is 6.52. The number of hydrogen-bond donors (Lipinski definition) is 1. The topological polar surface area (TPSA) is 66.5 Å². The minimum Gasteiger partial charge on any atom is -0.324 e. The molecule has 2 fully saturated rings. The van der Waals surface area contributed by atoms with Crippen LogP contribution in [-0.2, 0) is 14.4 Å². The summed E-state index contributed by atoms with van der Waals surface area (Å²) in [5.41, 5.74) is 2.69. The molecule has 0 radical (unpaired) electrons. The zero-order valence-electron chi connectivity index (χ0n) is 16.1. The average molecular weight is 366 g/mol. The highest BCUT2D eigenvalue weighted by Crippen LogP contribution is 2.50. The summed E-state index contributed by atoms with van der Waals surface area (Å²) in [4.78, 5) is 40.6. The van der Waals surface area contributed by atoms with E-state index in [1.807, 2.05) is 39.0 Å². The Morgan fingerprint density at radius 2 is 1.59 bits per heavy atom. The number of amides is 3. The van der Waals surface area contributed by atoms with Crippen LogP contribution in [0.4, 0.5) is 5.69 Å². The number of allylic oxidation sites excluding steroid dienone is 2. The van der Waals surface area contributed by atoms with Gasteiger partial charge in [0, 0.05) is 5.69 Å². The molecule has 3 aliphatic carbocycles. The quantitative estimate of drug-likeness (QED) is 0.657. The van der Waals surface area contributed by atoms with Crippen LogP contribution in [0.1, 0.15) is 37.3 Å². The van der Waals surface area contributed by atoms with Crippen molar-refractivity contribution in [1.29, 1.82) is 0 Å². The Morgan fingerprint density at radius 3 is 2.04 bits per heavy atom. The molecule has 27 heavy (non-hydrogen) atoms. The second-order valence-corrected chi connectivity index (χ2v) is 8.07. The third-order valence-corrected chi connectivity index (χ3v) is 6.52. The summed E-state index contributed by atoms with van der Waals surface area (Å²) in [5.74, 6) is -0.872. The van der Waals surface area contributed by atoms with Gasteiger partial charge in [0.2, 0.25) is 17.7 Å². The first-order valence-electron chi connectivity index (χ1n) is 9.86. The SMILES string of the molecule is CC[C@H](C(=O)Nc1c(C)cccc1C)N1C(=O)[C@H]2[C@H](C1=O)[C@H]1C=C[C@H]2CC1. The number of hydrogen-bond acceptors (Lipinski definition) is 3. The zero-order chi connectivity index (χ0) is 19.3. The predicted molar refractivity (Wildman–Crippen MR) is 103 cm³/mol. The molecule has 4 aliphatic rings. The Bertz CT molecular complexity index is 792. The number of nitrogens with one attached hydrogen (secondary N) is 1. The maximum Gasteiger partial charge on any atom is 0.247 e. The lowest BCUT2D eigenvalue weighted by atomic mass is 9.63. The normalized spacial score (nSPS) is 29.8. The molecular formula is C22H26N2O3. The molecule has 1 saturated heterocycles. The number of nitrogens with zero attached hydrogens (tertiary/aromatic N) is 1. The summed E-state index contributed by atoms with van der Waals surface area (Å²) in [6, 6.07) is 5.06. The van der Waals surface area contributed by atoms with Gasteiger partial charge in [-0.2, -0.15) is 0 Å². The van der Waals surface area contributed by atoms with E-state index in [9.17, 15) is 14.4 Å². The highest BCUT2D eigenvalue weighted by Gasteiger charge is 2.58. The van der Waals surface area contributed by atoms with E-state index in [0.29, 0.717) is 6.42 Å². The van der Waals surface area contributed by atoms with Gasteiger partial charge in [-0.05, 0) is 56.1 Å². The second-order valence-electron chi connectivity index (χ2n) is 8.07. The van der Waals surface area contributed by atoms with Crippen LogP contribution in [0.25, 0.3) is 0 Å². The van der Waals surface area contributed by atoms with Crippen LogP contribution in [0.3, 0.4) is 0 Å². The van der Waals surface area contributed by atoms with Gasteiger partial charge in [-0.1, -0.05) is 37.3 Å². The van der Waals surface area contributed by atoms with Crippen LogP contribution < -0.4 is 5.32 Å². The van der Waals surface area contributed by atoms with E-state index in [4.69, 9.17) is 0 Å². The number of benzene rings is 1. The maximum absolute atomic E-state index is 13.1. The van der Waals surface area contributed by atoms with Gasteiger partial charge in [0.1, 0.15) is 6.04 Å². The molecule has 1 N–H and O–H groups in total. The number of para-hydroxylation sites is 1. The molecule has 1 saturated carbocycles. The van der Waals surface area contributed by atoms with Crippen LogP contribution in [0.15, 0.2) is 30.4 Å². The van der Waals surface area contributed by atoms with E-state index in [1.165, 1.54) is 4.90 Å². The van der Waals surface area contributed by atoms with Crippen LogP contribution in [0.2, 0.25) is 0 Å². The average Bonchev–Trinajstić information content (AvgIpc) is 2.94. The van der Waals surface area contributed by atoms with Crippen LogP contribution in [0, 0.1) is 37.5 Å². The molecule has 142 valence electrons. The molecule has 1 aromatic carbocycles. The zero-order valence-corrected chi connectivity index (χ0v) is 16.1. The largest absolute Gasteiger partial charge is 0.324 e. The van der Waals surface area contributed by atoms with E-state index < -0.39 is 6.04 Å². The van der Waals surface area contributed by atoms with Crippen LogP contribution in [0.5, 0.6) is 0 Å². The van der Waals surface area contributed by atoms with Crippen molar-refractivity contribution < 1.29 is 14.4 Å². The predicted octanol–water partition coefficient (Wildman–Crippen LogP) is 3.22. The van der Waals surface area contributed by atoms with Gasteiger partial charge in [0.25, 0.3) is 0 Å². The highest BCUT2D eigenvalue weighted by atomic mass is 16.2. The standard InChI is InChI=1S/C22H26N2O3/c1-4-16(20(25)23-19-12(2)6-5-7-13(19)3)24-21(26)17-14-8-9-15(11-10-14)18(17)22(24)27/h5-9,14-18H,4,10-11H2,1-3H3,(H,23,25)/t14-,15-,16+,17+,18+/m0/s1. The molecule has 5 atom stereocenters. The van der Waals surface area contributed by atoms with Crippen molar-refractivity contribution in [2.45, 2.75) is 46.1 Å². The van der Waals surface area contributed by atoms with Gasteiger partial charge in [-0.15, -0.1) is 0 Å². The first kappa shape index (κ1) is 18.0. The Morgan fingerprint density at radius 1 is 1.07 bits per heavy atom. The monoisotopic (exact) mass is 366 g/mol. The lowest BCUT2D eigenvalue weighted by molar-refractivity contribution is -0.146. The van der Waals surface area contributed by atoms with Gasteiger partial charge in [-0.3, -0.25) is 19.3 Å². The molecule has 3 amide bonds. The van der Waals surface area contributed by atoms with Gasteiger partial charge >= 0.3 is 0 Å². The molecule has 1 aromatic rings. The van der Waals surface area contributed by atoms with Gasteiger partial charge in [0.15, 0.2) is 0 Å². The Hall–Kier alpha value is -2.43. The Kier molecular flexibility index (Phi) is 4.41. The molecule has 5 nitrogen and oxygen atoms in total. The van der Waals surface area contributed by atoms with Crippen molar-refractivity contribution in [2.24, 2.45) is 23.7 Å². The summed E-state index contributed by atoms with van der Waals surface area (Å²) in [6.07, 6.45) is 6.53. The van der Waals surface area contributed by atoms with Crippen LogP contribution in [-0.4, -0.2) is 28.7 Å². The Labute approximate surface area is 159 Å². The van der Waals surface area contributed by atoms with E-state index >= 15 is 0 Å². The number of aryl methyl sites for hydroxylation is 2. The molecule has 0 unspecified atom stereocenters. The van der Waals surface area contributed by atoms with E-state index in [2.05, 4.69) is 17.5 Å². The smallest absolute Gasteiger partial charge is 0.247 e. The third kappa shape index (κ3) is 2.71. The number of imide groups is 1. The fourth-order valence-electron chi connectivity index (χ4n) is 5.11. The molecule has 5 heteroatoms. The summed E-state index contributed by atoms with van der Waals surface area (Å²) < 4.78 is 0. The highest BCUT2D eigenvalue weighted by molar-refractivity contribution is 6.10. The minimum atomic E-state index is -0.756. The van der Waals surface area contributed by atoms with Gasteiger partial charge < -0.3 is 5.32 Å². The number of carbonyl (C=O) groups excluding carboxylic acids is 3. The lowest BCUT2D eigenvalue weighted by Crippen LogP contribution is -2.47. The molecule has 0 spiro atoms. The first-order chi connectivity index (χ1) is 12.9. The van der Waals surface area contributed by atoms with E-state index in [0.717, 1.165) is 29.7 Å². The first-order valence-corrected chi connectivity index (χ1v) is 9.86. The van der Waals surface area contributed by atoms with Crippen molar-refractivity contribution in [3.8, 4) is 0 Å². The van der Waals surface area contributed by atoms with E-state index in [-0.39, 0.29) is 41.4 Å². The number of carbonyl (C=O) groups is 3. The maximum atomic E-state index is 13.1. The number of anilines is 1. The lowest BCUT2D eigenvalue weighted by Gasteiger charge is -2.38. The van der Waals surface area contributed by atoms with Crippen molar-refractivity contribution in [3.63, 3.8) is 0 Å². The van der Waals surface area contributed by atoms with Crippen LogP contribution >= 0.6 is 0 Å². The van der Waals surface area contributed by atoms with Crippen molar-refractivity contribution in [1.82, 2.24) is 4.90 Å². The summed E-state index contributed by atoms with van der Waals surface area (Å²) >= 11 is 0. The van der Waals surface area contributed by atoms with Crippen molar-refractivity contribution >= 4 is 23.4 Å². The number of likely N-dealkylation sites (tertiary alicyclic amines) is 1. The number of rotatable bonds is 4. The molecule has 0 aromatic heterocycles. The summed E-state index contributed by atoms with van der Waals surface area (Å²) in [5, 5.41) is 2.97. The van der Waals surface area contributed by atoms with Crippen molar-refractivity contribution in [3.05, 3.63) is 41.5 Å². The fourth-order valence-corrected chi connectivity index (χ4v) is 5.11. The Balaban J connectivity index is 1.60. The van der Waals surface area contributed by atoms with Crippen molar-refractivity contribution in [2.75, 3.05) is 5.32 Å². The fraction of sp³-hybridized carbons (Fsp3) is 0.500. The second kappa shape index (κ2) is 6.63. The molecule has 1 heterocycles. The summed E-state index contributed by atoms with van der Waals surface area (Å²) in [6.45, 7) is 5.73. The molecule has 1 aliphatic heterocycles. The molecule has 5 rings (SSSR count). The number of fused-ring (bicyclic) bond motifs is 1.